The number of hydrogen-bond donors (Lipinski definition) is 2. The van der Waals surface area contributed by atoms with Crippen molar-refractivity contribution in [1.29, 1.82) is 0 Å². The molecular formula is C11H19N3. The van der Waals surface area contributed by atoms with Crippen LogP contribution in [0.2, 0.25) is 0 Å². The molecule has 1 aromatic carbocycles. The number of nitrogens with two attached hydrogens (primary N) is 1. The fraction of sp³-hybridized carbons (Fsp3) is 0.455. The van der Waals surface area contributed by atoms with Gasteiger partial charge in [-0.25, -0.2) is 0 Å². The Balaban J connectivity index is 2.54. The minimum atomic E-state index is 0.249. The second-order valence-electron chi connectivity index (χ2n) is 3.72. The summed E-state index contributed by atoms with van der Waals surface area (Å²) in [6.45, 7) is 1.03. The molecule has 0 saturated heterocycles. The standard InChI is InChI=1S/C11H19N3/c1-14(2)9-8-11(13-12)10-6-4-3-5-7-10/h3-7,11,13H,8-9,12H2,1-2H3/t11-/m0/s1. The molecule has 0 aliphatic rings. The fourth-order valence-corrected chi connectivity index (χ4v) is 1.42. The molecule has 0 saturated carbocycles. The van der Waals surface area contributed by atoms with Crippen molar-refractivity contribution in [3.05, 3.63) is 35.9 Å². The van der Waals surface area contributed by atoms with Gasteiger partial charge in [0.1, 0.15) is 0 Å². The highest BCUT2D eigenvalue weighted by molar-refractivity contribution is 5.18. The first kappa shape index (κ1) is 11.2. The molecule has 0 aliphatic carbocycles. The van der Waals surface area contributed by atoms with Crippen LogP contribution in [0.1, 0.15) is 18.0 Å². The highest BCUT2D eigenvalue weighted by atomic mass is 15.2. The van der Waals surface area contributed by atoms with Gasteiger partial charge in [-0.1, -0.05) is 30.3 Å². The molecule has 0 spiro atoms. The van der Waals surface area contributed by atoms with Gasteiger partial charge in [-0.05, 0) is 32.6 Å². The topological polar surface area (TPSA) is 41.3 Å². The van der Waals surface area contributed by atoms with Gasteiger partial charge in [-0.2, -0.15) is 0 Å². The maximum atomic E-state index is 5.52. The quantitative estimate of drug-likeness (QED) is 0.544. The first-order valence-corrected chi connectivity index (χ1v) is 4.90. The molecule has 3 heteroatoms. The van der Waals surface area contributed by atoms with Gasteiger partial charge in [0.05, 0.1) is 0 Å². The molecular weight excluding hydrogens is 174 g/mol. The van der Waals surface area contributed by atoms with Crippen molar-refractivity contribution in [3.8, 4) is 0 Å². The van der Waals surface area contributed by atoms with Gasteiger partial charge in [0.25, 0.3) is 0 Å². The Morgan fingerprint density at radius 3 is 2.43 bits per heavy atom. The summed E-state index contributed by atoms with van der Waals surface area (Å²) < 4.78 is 0. The van der Waals surface area contributed by atoms with E-state index in [1.165, 1.54) is 5.56 Å². The lowest BCUT2D eigenvalue weighted by atomic mass is 10.0. The van der Waals surface area contributed by atoms with Crippen LogP contribution < -0.4 is 11.3 Å². The minimum absolute atomic E-state index is 0.249. The fourth-order valence-electron chi connectivity index (χ4n) is 1.42. The summed E-state index contributed by atoms with van der Waals surface area (Å²) in [6.07, 6.45) is 1.02. The summed E-state index contributed by atoms with van der Waals surface area (Å²) in [4.78, 5) is 2.16. The summed E-state index contributed by atoms with van der Waals surface area (Å²) in [7, 11) is 4.14. The number of nitrogens with one attached hydrogen (secondary N) is 1. The number of rotatable bonds is 5. The Morgan fingerprint density at radius 1 is 1.29 bits per heavy atom. The predicted molar refractivity (Wildman–Crippen MR) is 59.7 cm³/mol. The van der Waals surface area contributed by atoms with Crippen molar-refractivity contribution in [1.82, 2.24) is 10.3 Å². The highest BCUT2D eigenvalue weighted by Gasteiger charge is 2.08. The zero-order chi connectivity index (χ0) is 10.4. The van der Waals surface area contributed by atoms with Crippen LogP contribution in [0.15, 0.2) is 30.3 Å². The van der Waals surface area contributed by atoms with Crippen LogP contribution in [-0.2, 0) is 0 Å². The summed E-state index contributed by atoms with van der Waals surface area (Å²) in [5.41, 5.74) is 4.09. The molecule has 0 aromatic heterocycles. The van der Waals surface area contributed by atoms with Crippen LogP contribution in [0.25, 0.3) is 0 Å². The molecule has 0 fully saturated rings. The largest absolute Gasteiger partial charge is 0.309 e. The number of hydrazine groups is 1. The van der Waals surface area contributed by atoms with Crippen molar-refractivity contribution < 1.29 is 0 Å². The number of hydrogen-bond acceptors (Lipinski definition) is 3. The zero-order valence-corrected chi connectivity index (χ0v) is 8.90. The van der Waals surface area contributed by atoms with Gasteiger partial charge < -0.3 is 4.90 Å². The van der Waals surface area contributed by atoms with E-state index in [-0.39, 0.29) is 6.04 Å². The van der Waals surface area contributed by atoms with Crippen molar-refractivity contribution in [2.45, 2.75) is 12.5 Å². The number of nitrogens with zero attached hydrogens (tertiary/aromatic N) is 1. The van der Waals surface area contributed by atoms with E-state index in [0.717, 1.165) is 13.0 Å². The van der Waals surface area contributed by atoms with Crippen molar-refractivity contribution in [2.24, 2.45) is 5.84 Å². The van der Waals surface area contributed by atoms with E-state index in [9.17, 15) is 0 Å². The third-order valence-corrected chi connectivity index (χ3v) is 2.27. The van der Waals surface area contributed by atoms with E-state index < -0.39 is 0 Å². The molecule has 1 aromatic rings. The molecule has 0 unspecified atom stereocenters. The minimum Gasteiger partial charge on any atom is -0.309 e. The van der Waals surface area contributed by atoms with Gasteiger partial charge >= 0.3 is 0 Å². The van der Waals surface area contributed by atoms with E-state index >= 15 is 0 Å². The van der Waals surface area contributed by atoms with Crippen LogP contribution in [-0.4, -0.2) is 25.5 Å². The molecule has 1 rings (SSSR count). The highest BCUT2D eigenvalue weighted by Crippen LogP contribution is 2.14. The van der Waals surface area contributed by atoms with Crippen LogP contribution in [0, 0.1) is 0 Å². The van der Waals surface area contributed by atoms with Crippen molar-refractivity contribution in [2.75, 3.05) is 20.6 Å². The van der Waals surface area contributed by atoms with Crippen LogP contribution in [0.3, 0.4) is 0 Å². The lowest BCUT2D eigenvalue weighted by molar-refractivity contribution is 0.363. The Labute approximate surface area is 85.9 Å². The van der Waals surface area contributed by atoms with Gasteiger partial charge in [0.15, 0.2) is 0 Å². The van der Waals surface area contributed by atoms with Crippen molar-refractivity contribution >= 4 is 0 Å². The lowest BCUT2D eigenvalue weighted by Crippen LogP contribution is -2.30. The van der Waals surface area contributed by atoms with Gasteiger partial charge in [-0.15, -0.1) is 0 Å². The second-order valence-corrected chi connectivity index (χ2v) is 3.72. The molecule has 1 atom stereocenters. The third-order valence-electron chi connectivity index (χ3n) is 2.27. The van der Waals surface area contributed by atoms with Crippen molar-refractivity contribution in [3.63, 3.8) is 0 Å². The summed E-state index contributed by atoms with van der Waals surface area (Å²) >= 11 is 0. The smallest absolute Gasteiger partial charge is 0.0472 e. The second kappa shape index (κ2) is 5.75. The summed E-state index contributed by atoms with van der Waals surface area (Å²) in [6, 6.07) is 10.5. The van der Waals surface area contributed by atoms with Crippen LogP contribution in [0.5, 0.6) is 0 Å². The van der Waals surface area contributed by atoms with E-state index in [2.05, 4.69) is 36.6 Å². The molecule has 0 amide bonds. The average Bonchev–Trinajstić information content (AvgIpc) is 2.20. The summed E-state index contributed by atoms with van der Waals surface area (Å²) in [5.74, 6) is 5.52. The summed E-state index contributed by atoms with van der Waals surface area (Å²) in [5, 5.41) is 0. The Kier molecular flexibility index (Phi) is 4.59. The maximum Gasteiger partial charge on any atom is 0.0472 e. The number of benzene rings is 1. The van der Waals surface area contributed by atoms with E-state index in [0.29, 0.717) is 0 Å². The molecule has 3 N–H and O–H groups in total. The average molecular weight is 193 g/mol. The Bertz CT molecular complexity index is 246. The molecule has 0 heterocycles. The SMILES string of the molecule is CN(C)CC[C@H](NN)c1ccccc1. The first-order valence-electron chi connectivity index (χ1n) is 4.90. The Hall–Kier alpha value is -0.900. The third kappa shape index (κ3) is 3.46. The van der Waals surface area contributed by atoms with Gasteiger partial charge in [0.2, 0.25) is 0 Å². The molecule has 0 aliphatic heterocycles. The molecule has 14 heavy (non-hydrogen) atoms. The maximum absolute atomic E-state index is 5.52. The van der Waals surface area contributed by atoms with Gasteiger partial charge in [-0.3, -0.25) is 11.3 Å². The van der Waals surface area contributed by atoms with Crippen LogP contribution >= 0.6 is 0 Å². The first-order chi connectivity index (χ1) is 6.74. The van der Waals surface area contributed by atoms with E-state index in [1.54, 1.807) is 0 Å². The van der Waals surface area contributed by atoms with E-state index in [4.69, 9.17) is 5.84 Å². The molecule has 0 bridgehead atoms. The molecule has 78 valence electrons. The van der Waals surface area contributed by atoms with Gasteiger partial charge in [0, 0.05) is 6.04 Å². The molecule has 0 radical (unpaired) electrons. The van der Waals surface area contributed by atoms with Crippen LogP contribution in [0.4, 0.5) is 0 Å². The lowest BCUT2D eigenvalue weighted by Gasteiger charge is -2.18. The predicted octanol–water partition coefficient (Wildman–Crippen LogP) is 1.14. The van der Waals surface area contributed by atoms with E-state index in [1.807, 2.05) is 18.2 Å². The molecule has 3 nitrogen and oxygen atoms in total. The monoisotopic (exact) mass is 193 g/mol. The zero-order valence-electron chi connectivity index (χ0n) is 8.90. The normalized spacial score (nSPS) is 13.1. The Morgan fingerprint density at radius 2 is 1.93 bits per heavy atom.